The zero-order chi connectivity index (χ0) is 13.7. The molecule has 0 radical (unpaired) electrons. The first-order chi connectivity index (χ1) is 8.45. The summed E-state index contributed by atoms with van der Waals surface area (Å²) in [5.41, 5.74) is 2.67. The number of amides is 1. The van der Waals surface area contributed by atoms with Crippen molar-refractivity contribution >= 4 is 11.9 Å². The Kier molecular flexibility index (Phi) is 4.89. The fourth-order valence-electron chi connectivity index (χ4n) is 1.63. The zero-order valence-electron chi connectivity index (χ0n) is 11.3. The molecule has 0 atom stereocenters. The Balaban J connectivity index is 2.74. The standard InChI is InChI=1S/C14H19NO3/c1-10-5-6-11(2)12(9-10)14(17)15(3)8-7-13(16)18-4/h5-6,9H,7-8H2,1-4H3. The van der Waals surface area contributed by atoms with Crippen LogP contribution in [0.1, 0.15) is 27.9 Å². The third-order valence-corrected chi connectivity index (χ3v) is 2.85. The molecule has 1 aromatic rings. The van der Waals surface area contributed by atoms with Crippen molar-refractivity contribution in [2.75, 3.05) is 20.7 Å². The average Bonchev–Trinajstić information content (AvgIpc) is 2.37. The van der Waals surface area contributed by atoms with Gasteiger partial charge in [0.2, 0.25) is 0 Å². The van der Waals surface area contributed by atoms with Gasteiger partial charge in [0.05, 0.1) is 13.5 Å². The van der Waals surface area contributed by atoms with Gasteiger partial charge < -0.3 is 9.64 Å². The first-order valence-corrected chi connectivity index (χ1v) is 5.85. The maximum Gasteiger partial charge on any atom is 0.307 e. The summed E-state index contributed by atoms with van der Waals surface area (Å²) < 4.78 is 4.55. The number of nitrogens with zero attached hydrogens (tertiary/aromatic N) is 1. The van der Waals surface area contributed by atoms with Crippen molar-refractivity contribution in [3.8, 4) is 0 Å². The van der Waals surface area contributed by atoms with Crippen LogP contribution in [0.25, 0.3) is 0 Å². The average molecular weight is 249 g/mol. The first kappa shape index (κ1) is 14.2. The SMILES string of the molecule is COC(=O)CCN(C)C(=O)c1cc(C)ccc1C. The van der Waals surface area contributed by atoms with Crippen LogP contribution in [0, 0.1) is 13.8 Å². The summed E-state index contributed by atoms with van der Waals surface area (Å²) >= 11 is 0. The second kappa shape index (κ2) is 6.19. The van der Waals surface area contributed by atoms with Crippen LogP contribution in [0.4, 0.5) is 0 Å². The highest BCUT2D eigenvalue weighted by molar-refractivity contribution is 5.95. The second-order valence-electron chi connectivity index (χ2n) is 4.37. The zero-order valence-corrected chi connectivity index (χ0v) is 11.3. The van der Waals surface area contributed by atoms with Crippen LogP contribution in [-0.2, 0) is 9.53 Å². The number of aryl methyl sites for hydroxylation is 2. The van der Waals surface area contributed by atoms with Gasteiger partial charge in [0.1, 0.15) is 0 Å². The van der Waals surface area contributed by atoms with E-state index >= 15 is 0 Å². The van der Waals surface area contributed by atoms with Crippen LogP contribution >= 0.6 is 0 Å². The Bertz CT molecular complexity index is 454. The van der Waals surface area contributed by atoms with Crippen LogP contribution in [0.2, 0.25) is 0 Å². The number of ether oxygens (including phenoxy) is 1. The Morgan fingerprint density at radius 1 is 1.28 bits per heavy atom. The van der Waals surface area contributed by atoms with Gasteiger partial charge in [-0.1, -0.05) is 17.7 Å². The van der Waals surface area contributed by atoms with Gasteiger partial charge in [0.25, 0.3) is 5.91 Å². The molecule has 18 heavy (non-hydrogen) atoms. The van der Waals surface area contributed by atoms with E-state index in [-0.39, 0.29) is 18.3 Å². The predicted molar refractivity (Wildman–Crippen MR) is 69.5 cm³/mol. The quantitative estimate of drug-likeness (QED) is 0.766. The molecule has 0 saturated carbocycles. The molecular weight excluding hydrogens is 230 g/mol. The van der Waals surface area contributed by atoms with Gasteiger partial charge in [0, 0.05) is 19.2 Å². The van der Waals surface area contributed by atoms with Crippen molar-refractivity contribution in [3.63, 3.8) is 0 Å². The van der Waals surface area contributed by atoms with Crippen LogP contribution in [0.5, 0.6) is 0 Å². The summed E-state index contributed by atoms with van der Waals surface area (Å²) in [6, 6.07) is 5.77. The van der Waals surface area contributed by atoms with E-state index in [4.69, 9.17) is 0 Å². The Hall–Kier alpha value is -1.84. The molecule has 1 rings (SSSR count). The minimum absolute atomic E-state index is 0.0693. The van der Waals surface area contributed by atoms with Gasteiger partial charge in [-0.2, -0.15) is 0 Å². The molecular formula is C14H19NO3. The van der Waals surface area contributed by atoms with Gasteiger partial charge in [-0.05, 0) is 25.5 Å². The van der Waals surface area contributed by atoms with Gasteiger partial charge in [-0.25, -0.2) is 0 Å². The van der Waals surface area contributed by atoms with Crippen LogP contribution < -0.4 is 0 Å². The van der Waals surface area contributed by atoms with E-state index in [9.17, 15) is 9.59 Å². The van der Waals surface area contributed by atoms with Crippen molar-refractivity contribution in [1.82, 2.24) is 4.90 Å². The molecule has 0 saturated heterocycles. The highest BCUT2D eigenvalue weighted by Crippen LogP contribution is 2.13. The lowest BCUT2D eigenvalue weighted by Gasteiger charge is -2.18. The molecule has 0 aliphatic carbocycles. The van der Waals surface area contributed by atoms with Gasteiger partial charge >= 0.3 is 5.97 Å². The molecule has 1 amide bonds. The molecule has 0 spiro atoms. The van der Waals surface area contributed by atoms with E-state index in [1.807, 2.05) is 32.0 Å². The summed E-state index contributed by atoms with van der Waals surface area (Å²) in [5, 5.41) is 0. The number of methoxy groups -OCH3 is 1. The summed E-state index contributed by atoms with van der Waals surface area (Å²) in [7, 11) is 3.03. The maximum absolute atomic E-state index is 12.2. The topological polar surface area (TPSA) is 46.6 Å². The monoisotopic (exact) mass is 249 g/mol. The fraction of sp³-hybridized carbons (Fsp3) is 0.429. The van der Waals surface area contributed by atoms with E-state index in [0.29, 0.717) is 12.1 Å². The van der Waals surface area contributed by atoms with Gasteiger partial charge in [-0.3, -0.25) is 9.59 Å². The number of rotatable bonds is 4. The maximum atomic E-state index is 12.2. The molecule has 98 valence electrons. The van der Waals surface area contributed by atoms with Crippen molar-refractivity contribution < 1.29 is 14.3 Å². The summed E-state index contributed by atoms with van der Waals surface area (Å²) in [6.07, 6.45) is 0.212. The van der Waals surface area contributed by atoms with Crippen molar-refractivity contribution in [1.29, 1.82) is 0 Å². The second-order valence-corrected chi connectivity index (χ2v) is 4.37. The van der Waals surface area contributed by atoms with Crippen molar-refractivity contribution in [2.24, 2.45) is 0 Å². The molecule has 4 heteroatoms. The Labute approximate surface area is 108 Å². The Morgan fingerprint density at radius 2 is 1.94 bits per heavy atom. The normalized spacial score (nSPS) is 10.0. The van der Waals surface area contributed by atoms with Crippen LogP contribution in [0.15, 0.2) is 18.2 Å². The minimum Gasteiger partial charge on any atom is -0.469 e. The van der Waals surface area contributed by atoms with E-state index in [2.05, 4.69) is 4.74 Å². The van der Waals surface area contributed by atoms with Crippen molar-refractivity contribution in [3.05, 3.63) is 34.9 Å². The lowest BCUT2D eigenvalue weighted by molar-refractivity contribution is -0.140. The number of carbonyl (C=O) groups is 2. The number of esters is 1. The highest BCUT2D eigenvalue weighted by atomic mass is 16.5. The molecule has 0 heterocycles. The van der Waals surface area contributed by atoms with Gasteiger partial charge in [0.15, 0.2) is 0 Å². The van der Waals surface area contributed by atoms with E-state index in [1.165, 1.54) is 7.11 Å². The summed E-state index contributed by atoms with van der Waals surface area (Å²) in [6.45, 7) is 4.21. The van der Waals surface area contributed by atoms with E-state index in [0.717, 1.165) is 11.1 Å². The molecule has 0 aromatic heterocycles. The number of benzene rings is 1. The predicted octanol–water partition coefficient (Wildman–Crippen LogP) is 1.94. The largest absolute Gasteiger partial charge is 0.469 e. The fourth-order valence-corrected chi connectivity index (χ4v) is 1.63. The minimum atomic E-state index is -0.310. The molecule has 1 aromatic carbocycles. The third-order valence-electron chi connectivity index (χ3n) is 2.85. The van der Waals surface area contributed by atoms with Crippen LogP contribution in [0.3, 0.4) is 0 Å². The number of carbonyl (C=O) groups excluding carboxylic acids is 2. The lowest BCUT2D eigenvalue weighted by Crippen LogP contribution is -2.29. The molecule has 0 bridgehead atoms. The summed E-state index contributed by atoms with van der Waals surface area (Å²) in [5.74, 6) is -0.379. The third kappa shape index (κ3) is 3.58. The molecule has 0 unspecified atom stereocenters. The molecule has 0 N–H and O–H groups in total. The Morgan fingerprint density at radius 3 is 2.56 bits per heavy atom. The molecule has 0 aliphatic heterocycles. The number of hydrogen-bond acceptors (Lipinski definition) is 3. The molecule has 0 fully saturated rings. The molecule has 0 aliphatic rings. The first-order valence-electron chi connectivity index (χ1n) is 5.85. The van der Waals surface area contributed by atoms with E-state index < -0.39 is 0 Å². The smallest absolute Gasteiger partial charge is 0.307 e. The van der Waals surface area contributed by atoms with Crippen molar-refractivity contribution in [2.45, 2.75) is 20.3 Å². The lowest BCUT2D eigenvalue weighted by atomic mass is 10.0. The van der Waals surface area contributed by atoms with Gasteiger partial charge in [-0.15, -0.1) is 0 Å². The van der Waals surface area contributed by atoms with Crippen LogP contribution in [-0.4, -0.2) is 37.5 Å². The van der Waals surface area contributed by atoms with E-state index in [1.54, 1.807) is 11.9 Å². The number of hydrogen-bond donors (Lipinski definition) is 0. The highest BCUT2D eigenvalue weighted by Gasteiger charge is 2.15. The molecule has 4 nitrogen and oxygen atoms in total. The summed E-state index contributed by atoms with van der Waals surface area (Å²) in [4.78, 5) is 24.8.